The minimum absolute atomic E-state index is 0. The first-order valence-electron chi connectivity index (χ1n) is 32.2. The first-order valence-corrected chi connectivity index (χ1v) is 37.5. The maximum atomic E-state index is 14.2. The lowest BCUT2D eigenvalue weighted by Crippen LogP contribution is -2.50. The summed E-state index contributed by atoms with van der Waals surface area (Å²) in [7, 11) is -7.02. The van der Waals surface area contributed by atoms with Crippen molar-refractivity contribution in [2.24, 2.45) is 0 Å². The van der Waals surface area contributed by atoms with E-state index >= 15 is 0 Å². The van der Waals surface area contributed by atoms with E-state index in [1.54, 1.807) is 74.2 Å². The Kier molecular flexibility index (Phi) is 25.2. The van der Waals surface area contributed by atoms with Gasteiger partial charge in [-0.05, 0) is 131 Å². The van der Waals surface area contributed by atoms with Gasteiger partial charge in [-0.2, -0.15) is 0 Å². The van der Waals surface area contributed by atoms with Crippen LogP contribution in [0.2, 0.25) is 20.1 Å². The molecule has 22 heteroatoms. The summed E-state index contributed by atoms with van der Waals surface area (Å²) >= 11 is 27.4. The second kappa shape index (κ2) is 33.3. The van der Waals surface area contributed by atoms with Crippen LogP contribution in [0.25, 0.3) is 0 Å². The van der Waals surface area contributed by atoms with Gasteiger partial charge in [0.15, 0.2) is 19.7 Å². The molecule has 0 bridgehead atoms. The molecule has 16 nitrogen and oxygen atoms in total. The molecule has 2 N–H and O–H groups in total. The summed E-state index contributed by atoms with van der Waals surface area (Å²) in [5.74, 6) is -2.74. The molecule has 0 saturated carbocycles. The maximum Gasteiger partial charge on any atom is 0.410 e. The molecule has 3 amide bonds. The number of amides is 3. The predicted molar refractivity (Wildman–Crippen MR) is 395 cm³/mol. The van der Waals surface area contributed by atoms with Crippen molar-refractivity contribution < 1.29 is 55.0 Å². The quantitative estimate of drug-likeness (QED) is 0.0413. The van der Waals surface area contributed by atoms with Crippen LogP contribution < -0.4 is 10.6 Å². The van der Waals surface area contributed by atoms with E-state index in [2.05, 4.69) is 88.3 Å². The van der Waals surface area contributed by atoms with Crippen LogP contribution in [0, 0.1) is 0 Å². The minimum atomic E-state index is -3.52. The summed E-state index contributed by atoms with van der Waals surface area (Å²) in [5.41, 5.74) is 7.70. The molecule has 0 unspecified atom stereocenters. The van der Waals surface area contributed by atoms with Gasteiger partial charge in [0.1, 0.15) is 30.9 Å². The van der Waals surface area contributed by atoms with Crippen LogP contribution in [0.4, 0.5) is 4.79 Å². The molecule has 0 aromatic heterocycles. The monoisotopic (exact) mass is 1480 g/mol. The predicted octanol–water partition coefficient (Wildman–Crippen LogP) is 15.2. The van der Waals surface area contributed by atoms with Gasteiger partial charge in [0, 0.05) is 51.5 Å². The fourth-order valence-electron chi connectivity index (χ4n) is 12.4. The molecule has 0 radical (unpaired) electrons. The Hall–Kier alpha value is -8.85. The molecule has 11 rings (SSSR count). The molecule has 0 saturated heterocycles. The number of esters is 2. The number of hydrogen-bond donors (Lipinski definition) is 2. The van der Waals surface area contributed by atoms with E-state index < -0.39 is 72.7 Å². The lowest BCUT2D eigenvalue weighted by atomic mass is 9.74. The summed E-state index contributed by atoms with van der Waals surface area (Å²) in [6.45, 7) is 6.95. The smallest absolute Gasteiger partial charge is 0.410 e. The second-order valence-electron chi connectivity index (χ2n) is 25.5. The van der Waals surface area contributed by atoms with Gasteiger partial charge in [0.25, 0.3) is 11.8 Å². The zero-order valence-corrected chi connectivity index (χ0v) is 60.2. The Morgan fingerprint density at radius 2 is 0.832 bits per heavy atom. The lowest BCUT2D eigenvalue weighted by molar-refractivity contribution is -0.148. The zero-order chi connectivity index (χ0) is 71.5. The molecular weight excluding hydrogens is 1400 g/mol. The number of nitrogens with zero attached hydrogens (tertiary/aromatic N) is 2. The van der Waals surface area contributed by atoms with E-state index in [9.17, 15) is 40.8 Å². The van der Waals surface area contributed by atoms with E-state index in [1.807, 2.05) is 66.7 Å². The van der Waals surface area contributed by atoms with Crippen molar-refractivity contribution in [1.82, 2.24) is 20.4 Å². The summed E-state index contributed by atoms with van der Waals surface area (Å²) in [6.07, 6.45) is 2.56. The van der Waals surface area contributed by atoms with Gasteiger partial charge >= 0.3 is 18.0 Å². The largest absolute Gasteiger partial charge is 0.459 e. The van der Waals surface area contributed by atoms with E-state index in [4.69, 9.17) is 60.6 Å². The molecule has 9 aromatic rings. The van der Waals surface area contributed by atoms with Crippen LogP contribution in [0.1, 0.15) is 110 Å². The number of hydrogen-bond acceptors (Lipinski definition) is 13. The molecular formula is C79H78Cl4N4O12S2. The maximum absolute atomic E-state index is 14.2. The molecule has 9 aromatic carbocycles. The van der Waals surface area contributed by atoms with Crippen LogP contribution in [-0.2, 0) is 101 Å². The molecule has 2 atom stereocenters. The summed E-state index contributed by atoms with van der Waals surface area (Å²) in [6, 6.07) is 63.0. The second-order valence-corrected chi connectivity index (χ2v) is 31.1. The van der Waals surface area contributed by atoms with Gasteiger partial charge < -0.3 is 29.7 Å². The van der Waals surface area contributed by atoms with Gasteiger partial charge in [0.2, 0.25) is 0 Å². The zero-order valence-electron chi connectivity index (χ0n) is 55.6. The van der Waals surface area contributed by atoms with E-state index in [0.717, 1.165) is 51.5 Å². The molecule has 0 aliphatic carbocycles. The van der Waals surface area contributed by atoms with E-state index in [-0.39, 0.29) is 81.0 Å². The number of halogens is 4. The van der Waals surface area contributed by atoms with Crippen LogP contribution in [-0.4, -0.2) is 99.8 Å². The number of ether oxygens (including phenoxy) is 3. The van der Waals surface area contributed by atoms with Gasteiger partial charge in [0.05, 0.1) is 46.5 Å². The number of benzene rings is 9. The molecule has 0 spiro atoms. The number of rotatable bonds is 20. The topological polar surface area (TPSA) is 212 Å². The van der Waals surface area contributed by atoms with Crippen molar-refractivity contribution in [1.29, 1.82) is 0 Å². The van der Waals surface area contributed by atoms with Crippen molar-refractivity contribution in [3.05, 3.63) is 305 Å². The average Bonchev–Trinajstić information content (AvgIpc) is 0.727. The fraction of sp³-hybridized carbons (Fsp3) is 0.253. The number of fused-ring (bicyclic) bond motifs is 2. The highest BCUT2D eigenvalue weighted by Crippen LogP contribution is 2.46. The molecule has 526 valence electrons. The number of nitrogens with one attached hydrogen (secondary N) is 2. The van der Waals surface area contributed by atoms with Crippen molar-refractivity contribution in [3.63, 3.8) is 0 Å². The Morgan fingerprint density at radius 1 is 0.475 bits per heavy atom. The lowest BCUT2D eigenvalue weighted by Gasteiger charge is -2.48. The Morgan fingerprint density at radius 3 is 1.21 bits per heavy atom. The average molecular weight is 1480 g/mol. The third-order valence-electron chi connectivity index (χ3n) is 17.1. The summed E-state index contributed by atoms with van der Waals surface area (Å²) in [5, 5.41) is 6.07. The van der Waals surface area contributed by atoms with Gasteiger partial charge in [-0.15, -0.1) is 0 Å². The van der Waals surface area contributed by atoms with Crippen molar-refractivity contribution >= 4 is 95.9 Å². The van der Waals surface area contributed by atoms with E-state index in [1.165, 1.54) is 24.3 Å². The highest BCUT2D eigenvalue weighted by molar-refractivity contribution is 7.91. The molecule has 101 heavy (non-hydrogen) atoms. The van der Waals surface area contributed by atoms with Crippen LogP contribution in [0.3, 0.4) is 0 Å². The number of carbonyl (C=O) groups is 5. The number of carbonyl (C=O) groups excluding carboxylic acids is 5. The van der Waals surface area contributed by atoms with Crippen LogP contribution >= 0.6 is 46.4 Å². The van der Waals surface area contributed by atoms with Gasteiger partial charge in [-0.3, -0.25) is 14.5 Å². The van der Waals surface area contributed by atoms with Crippen molar-refractivity contribution in [3.8, 4) is 0 Å². The summed E-state index contributed by atoms with van der Waals surface area (Å²) in [4.78, 5) is 71.5. The van der Waals surface area contributed by atoms with Gasteiger partial charge in [-0.25, -0.2) is 31.2 Å². The minimum Gasteiger partial charge on any atom is -0.459 e. The van der Waals surface area contributed by atoms with Crippen molar-refractivity contribution in [2.45, 2.75) is 113 Å². The summed E-state index contributed by atoms with van der Waals surface area (Å²) < 4.78 is 65.5. The molecule has 0 fully saturated rings. The SMILES string of the molecule is C.CC(C)(C)OC(=O)N1CCc2c(cc(Cl)c(C(=O)N[C@@H](Cc3cccc(S(C)(=O)=O)c3)C(=O)OCc3ccccc3)c2Cl)C1.CS(=O)(=O)c1cccc(C[C@H](NC(=O)c2c(Cl)cc3c(c2Cl)CCN(C(c2ccccc2)(c2ccccc2)c2ccccc2)C3)C(=O)OCc2ccccc2)c1. The highest BCUT2D eigenvalue weighted by atomic mass is 35.5. The Balaban J connectivity index is 0.000000240. The first kappa shape index (κ1) is 76.3. The van der Waals surface area contributed by atoms with Crippen molar-refractivity contribution in [2.75, 3.05) is 25.6 Å². The fourth-order valence-corrected chi connectivity index (χ4v) is 15.3. The van der Waals surface area contributed by atoms with Gasteiger partial charge in [-0.1, -0.05) is 230 Å². The first-order chi connectivity index (χ1) is 47.7. The number of sulfone groups is 2. The highest BCUT2D eigenvalue weighted by Gasteiger charge is 2.44. The van der Waals surface area contributed by atoms with Crippen LogP contribution in [0.5, 0.6) is 0 Å². The molecule has 2 heterocycles. The third-order valence-corrected chi connectivity index (χ3v) is 20.8. The Bertz CT molecular complexity index is 4610. The Labute approximate surface area is 610 Å². The molecule has 2 aliphatic heterocycles. The van der Waals surface area contributed by atoms with Crippen LogP contribution in [0.15, 0.2) is 222 Å². The van der Waals surface area contributed by atoms with E-state index in [0.29, 0.717) is 54.7 Å². The normalized spacial score (nSPS) is 13.7. The molecule has 2 aliphatic rings. The third kappa shape index (κ3) is 18.8. The standard InChI is InChI=1S/C46H40Cl2N2O5S.C32H34Cl2N2O7S.CH4/c1-56(53,54)38-24-14-17-33(27-38)28-41(45(52)55-31-32-15-6-2-7-16-32)49-44(51)42-40(47)29-34-30-50(26-25-39(34)43(42)48)46(35-18-8-3-9-19-35,36-20-10-4-11-21-36)37-22-12-5-13-23-37;1-32(2,3)43-31(39)36-14-13-24-22(18-36)17-25(33)27(28(24)34)29(37)35-26(30(38)42-19-20-9-6-5-7-10-20)16-21-11-8-12-23(15-21)44(4,40)41;/h2-24,27,29,41H,25-26,28,30-31H2,1H3,(H,49,51);5-12,15,17,26H,13-14,16,18-19H2,1-4H3,(H,35,37);1H4/t41-;26-;/m00./s1.